The molecule has 1 aromatic rings. The molecule has 132 valence electrons. The SMILES string of the molecule is CCOc1ccc(C(=O)N2CCCN(C3COC3)CC2)c(F)c1F. The number of rotatable bonds is 4. The first-order valence-corrected chi connectivity index (χ1v) is 8.33. The van der Waals surface area contributed by atoms with Crippen molar-refractivity contribution < 1.29 is 23.0 Å². The van der Waals surface area contributed by atoms with Crippen LogP contribution in [0.5, 0.6) is 5.75 Å². The number of nitrogens with zero attached hydrogens (tertiary/aromatic N) is 2. The van der Waals surface area contributed by atoms with Gasteiger partial charge >= 0.3 is 0 Å². The van der Waals surface area contributed by atoms with Crippen LogP contribution in [0.1, 0.15) is 23.7 Å². The lowest BCUT2D eigenvalue weighted by Gasteiger charge is -2.36. The van der Waals surface area contributed by atoms with E-state index in [9.17, 15) is 13.6 Å². The molecule has 5 nitrogen and oxygen atoms in total. The van der Waals surface area contributed by atoms with E-state index < -0.39 is 17.5 Å². The predicted molar refractivity (Wildman–Crippen MR) is 84.2 cm³/mol. The molecule has 2 aliphatic rings. The molecule has 0 N–H and O–H groups in total. The summed E-state index contributed by atoms with van der Waals surface area (Å²) >= 11 is 0. The highest BCUT2D eigenvalue weighted by Gasteiger charge is 2.30. The molecule has 0 bridgehead atoms. The first-order chi connectivity index (χ1) is 11.6. The molecule has 0 aliphatic carbocycles. The highest BCUT2D eigenvalue weighted by Crippen LogP contribution is 2.24. The summed E-state index contributed by atoms with van der Waals surface area (Å²) < 4.78 is 38.4. The molecule has 2 heterocycles. The lowest BCUT2D eigenvalue weighted by atomic mass is 10.1. The second kappa shape index (κ2) is 7.44. The molecule has 0 radical (unpaired) electrons. The van der Waals surface area contributed by atoms with Gasteiger partial charge in [-0.1, -0.05) is 0 Å². The molecule has 0 saturated carbocycles. The lowest BCUT2D eigenvalue weighted by Crippen LogP contribution is -2.50. The Morgan fingerprint density at radius 1 is 1.21 bits per heavy atom. The van der Waals surface area contributed by atoms with Crippen molar-refractivity contribution in [2.24, 2.45) is 0 Å². The van der Waals surface area contributed by atoms with Gasteiger partial charge in [-0.2, -0.15) is 4.39 Å². The summed E-state index contributed by atoms with van der Waals surface area (Å²) in [6.45, 7) is 6.03. The van der Waals surface area contributed by atoms with Crippen molar-refractivity contribution in [1.82, 2.24) is 9.80 Å². The highest BCUT2D eigenvalue weighted by atomic mass is 19.2. The molecule has 2 fully saturated rings. The van der Waals surface area contributed by atoms with E-state index in [4.69, 9.17) is 9.47 Å². The third kappa shape index (κ3) is 3.37. The van der Waals surface area contributed by atoms with Crippen LogP contribution in [0, 0.1) is 11.6 Å². The Bertz CT molecular complexity index is 608. The van der Waals surface area contributed by atoms with Gasteiger partial charge in [-0.05, 0) is 25.5 Å². The van der Waals surface area contributed by atoms with Crippen LogP contribution in [0.15, 0.2) is 12.1 Å². The molecule has 0 atom stereocenters. The maximum atomic E-state index is 14.2. The molecular weight excluding hydrogens is 318 g/mol. The van der Waals surface area contributed by atoms with E-state index in [2.05, 4.69) is 4.90 Å². The third-order valence-corrected chi connectivity index (χ3v) is 4.53. The smallest absolute Gasteiger partial charge is 0.256 e. The van der Waals surface area contributed by atoms with E-state index in [1.54, 1.807) is 11.8 Å². The predicted octanol–water partition coefficient (Wildman–Crippen LogP) is 1.91. The zero-order chi connectivity index (χ0) is 17.1. The fourth-order valence-electron chi connectivity index (χ4n) is 3.07. The van der Waals surface area contributed by atoms with E-state index in [-0.39, 0.29) is 17.9 Å². The number of benzene rings is 1. The Labute approximate surface area is 140 Å². The van der Waals surface area contributed by atoms with E-state index in [0.717, 1.165) is 32.7 Å². The standard InChI is InChI=1S/C17H22F2N2O3/c1-2-24-14-5-4-13(15(18)16(14)19)17(22)21-7-3-6-20(8-9-21)12-10-23-11-12/h4-5,12H,2-3,6-11H2,1H3. The minimum absolute atomic E-state index is 0.168. The zero-order valence-electron chi connectivity index (χ0n) is 13.8. The van der Waals surface area contributed by atoms with Crippen LogP contribution in [0.25, 0.3) is 0 Å². The molecule has 3 rings (SSSR count). The van der Waals surface area contributed by atoms with Gasteiger partial charge < -0.3 is 14.4 Å². The van der Waals surface area contributed by atoms with Crippen LogP contribution in [0.4, 0.5) is 8.78 Å². The average molecular weight is 340 g/mol. The molecule has 2 saturated heterocycles. The van der Waals surface area contributed by atoms with Crippen LogP contribution in [0.3, 0.4) is 0 Å². The van der Waals surface area contributed by atoms with Crippen LogP contribution in [-0.4, -0.2) is 67.7 Å². The number of carbonyl (C=O) groups is 1. The molecule has 24 heavy (non-hydrogen) atoms. The van der Waals surface area contributed by atoms with Gasteiger partial charge in [0.25, 0.3) is 5.91 Å². The maximum Gasteiger partial charge on any atom is 0.256 e. The Morgan fingerprint density at radius 2 is 2.00 bits per heavy atom. The van der Waals surface area contributed by atoms with Gasteiger partial charge in [-0.3, -0.25) is 9.69 Å². The number of amides is 1. The van der Waals surface area contributed by atoms with Gasteiger partial charge in [0.05, 0.1) is 31.4 Å². The quantitative estimate of drug-likeness (QED) is 0.840. The number of hydrogen-bond donors (Lipinski definition) is 0. The van der Waals surface area contributed by atoms with Crippen molar-refractivity contribution in [1.29, 1.82) is 0 Å². The topological polar surface area (TPSA) is 42.0 Å². The minimum atomic E-state index is -1.14. The Kier molecular flexibility index (Phi) is 5.30. The summed E-state index contributed by atoms with van der Waals surface area (Å²) in [4.78, 5) is 16.5. The van der Waals surface area contributed by atoms with Gasteiger partial charge in [0.1, 0.15) is 0 Å². The molecule has 2 aliphatic heterocycles. The monoisotopic (exact) mass is 340 g/mol. The first-order valence-electron chi connectivity index (χ1n) is 8.33. The van der Waals surface area contributed by atoms with Crippen molar-refractivity contribution in [2.45, 2.75) is 19.4 Å². The number of ether oxygens (including phenoxy) is 2. The summed E-state index contributed by atoms with van der Waals surface area (Å²) in [5, 5.41) is 0. The second-order valence-electron chi connectivity index (χ2n) is 6.05. The van der Waals surface area contributed by atoms with Crippen LogP contribution in [-0.2, 0) is 4.74 Å². The van der Waals surface area contributed by atoms with E-state index >= 15 is 0 Å². The van der Waals surface area contributed by atoms with E-state index in [0.29, 0.717) is 19.1 Å². The van der Waals surface area contributed by atoms with E-state index in [1.165, 1.54) is 12.1 Å². The minimum Gasteiger partial charge on any atom is -0.491 e. The van der Waals surface area contributed by atoms with E-state index in [1.807, 2.05) is 0 Å². The van der Waals surface area contributed by atoms with Crippen molar-refractivity contribution in [3.05, 3.63) is 29.3 Å². The van der Waals surface area contributed by atoms with Gasteiger partial charge in [0.15, 0.2) is 11.6 Å². The molecule has 7 heteroatoms. The van der Waals surface area contributed by atoms with Crippen molar-refractivity contribution >= 4 is 5.91 Å². The summed E-state index contributed by atoms with van der Waals surface area (Å²) in [7, 11) is 0. The normalized spacial score (nSPS) is 19.7. The van der Waals surface area contributed by atoms with Crippen molar-refractivity contribution in [3.8, 4) is 5.75 Å². The van der Waals surface area contributed by atoms with Gasteiger partial charge in [0, 0.05) is 26.2 Å². The molecule has 0 unspecified atom stereocenters. The van der Waals surface area contributed by atoms with Crippen molar-refractivity contribution in [2.75, 3.05) is 46.0 Å². The summed E-state index contributed by atoms with van der Waals surface area (Å²) in [6.07, 6.45) is 0.809. The Hall–Kier alpha value is -1.73. The number of hydrogen-bond acceptors (Lipinski definition) is 4. The third-order valence-electron chi connectivity index (χ3n) is 4.53. The van der Waals surface area contributed by atoms with Crippen LogP contribution in [0.2, 0.25) is 0 Å². The van der Waals surface area contributed by atoms with Crippen LogP contribution >= 0.6 is 0 Å². The first kappa shape index (κ1) is 17.1. The zero-order valence-corrected chi connectivity index (χ0v) is 13.8. The Balaban J connectivity index is 1.70. The molecule has 1 amide bonds. The van der Waals surface area contributed by atoms with Crippen molar-refractivity contribution in [3.63, 3.8) is 0 Å². The number of halogens is 2. The molecule has 1 aromatic carbocycles. The molecular formula is C17H22F2N2O3. The summed E-state index contributed by atoms with van der Waals surface area (Å²) in [5.74, 6) is -2.88. The van der Waals surface area contributed by atoms with Gasteiger partial charge in [0.2, 0.25) is 5.82 Å². The molecule has 0 aromatic heterocycles. The second-order valence-corrected chi connectivity index (χ2v) is 6.05. The summed E-state index contributed by atoms with van der Waals surface area (Å²) in [5.41, 5.74) is -0.239. The average Bonchev–Trinajstić information content (AvgIpc) is 2.76. The van der Waals surface area contributed by atoms with Gasteiger partial charge in [-0.15, -0.1) is 0 Å². The number of carbonyl (C=O) groups excluding carboxylic acids is 1. The fourth-order valence-corrected chi connectivity index (χ4v) is 3.07. The largest absolute Gasteiger partial charge is 0.491 e. The Morgan fingerprint density at radius 3 is 2.67 bits per heavy atom. The maximum absolute atomic E-state index is 14.2. The van der Waals surface area contributed by atoms with Crippen LogP contribution < -0.4 is 4.74 Å². The fraction of sp³-hybridized carbons (Fsp3) is 0.588. The summed E-state index contributed by atoms with van der Waals surface area (Å²) in [6, 6.07) is 3.03. The molecule has 0 spiro atoms. The lowest BCUT2D eigenvalue weighted by molar-refractivity contribution is -0.0631. The van der Waals surface area contributed by atoms with Gasteiger partial charge in [-0.25, -0.2) is 4.39 Å². The highest BCUT2D eigenvalue weighted by molar-refractivity contribution is 5.94.